The number of aliphatic hydroxyl groups is 1. The van der Waals surface area contributed by atoms with Gasteiger partial charge in [-0.3, -0.25) is 4.90 Å². The molecule has 4 nitrogen and oxygen atoms in total. The summed E-state index contributed by atoms with van der Waals surface area (Å²) in [6, 6.07) is 0.806. The Morgan fingerprint density at radius 1 is 1.50 bits per heavy atom. The monoisotopic (exact) mass is 230 g/mol. The fourth-order valence-electron chi connectivity index (χ4n) is 2.23. The van der Waals surface area contributed by atoms with Crippen LogP contribution in [0.5, 0.6) is 0 Å². The molecule has 0 aromatic heterocycles. The van der Waals surface area contributed by atoms with E-state index in [0.29, 0.717) is 6.04 Å². The van der Waals surface area contributed by atoms with Gasteiger partial charge in [-0.15, -0.1) is 0 Å². The minimum absolute atomic E-state index is 0.231. The van der Waals surface area contributed by atoms with Gasteiger partial charge in [0.25, 0.3) is 0 Å². The minimum atomic E-state index is 0.231. The van der Waals surface area contributed by atoms with Crippen LogP contribution in [0.25, 0.3) is 0 Å². The molecule has 1 aliphatic heterocycles. The highest BCUT2D eigenvalue weighted by atomic mass is 16.5. The molecule has 2 atom stereocenters. The summed E-state index contributed by atoms with van der Waals surface area (Å²) < 4.78 is 5.48. The average Bonchev–Trinajstić information content (AvgIpc) is 2.34. The molecule has 0 saturated carbocycles. The Kier molecular flexibility index (Phi) is 6.96. The zero-order chi connectivity index (χ0) is 11.8. The molecular weight excluding hydrogens is 204 g/mol. The number of ether oxygens (including phenoxy) is 1. The zero-order valence-corrected chi connectivity index (χ0v) is 10.6. The zero-order valence-electron chi connectivity index (χ0n) is 10.6. The lowest BCUT2D eigenvalue weighted by Gasteiger charge is -2.35. The molecule has 2 unspecified atom stereocenters. The van der Waals surface area contributed by atoms with Crippen molar-refractivity contribution in [2.75, 3.05) is 39.5 Å². The summed E-state index contributed by atoms with van der Waals surface area (Å²) in [6.07, 6.45) is 2.16. The van der Waals surface area contributed by atoms with Crippen molar-refractivity contribution < 1.29 is 9.84 Å². The Labute approximate surface area is 99.0 Å². The molecule has 0 aromatic rings. The van der Waals surface area contributed by atoms with Crippen LogP contribution in [0, 0.1) is 0 Å². The van der Waals surface area contributed by atoms with Crippen molar-refractivity contribution >= 4 is 0 Å². The quantitative estimate of drug-likeness (QED) is 0.667. The molecule has 0 bridgehead atoms. The van der Waals surface area contributed by atoms with Crippen LogP contribution in [0.2, 0.25) is 0 Å². The average molecular weight is 230 g/mol. The number of rotatable bonds is 7. The highest BCUT2D eigenvalue weighted by molar-refractivity contribution is 4.76. The van der Waals surface area contributed by atoms with Crippen molar-refractivity contribution in [1.82, 2.24) is 10.2 Å². The van der Waals surface area contributed by atoms with Crippen molar-refractivity contribution in [3.63, 3.8) is 0 Å². The molecule has 0 amide bonds. The highest BCUT2D eigenvalue weighted by Crippen LogP contribution is 2.11. The Morgan fingerprint density at radius 2 is 2.31 bits per heavy atom. The topological polar surface area (TPSA) is 44.7 Å². The summed E-state index contributed by atoms with van der Waals surface area (Å²) >= 11 is 0. The normalized spacial score (nSPS) is 24.6. The van der Waals surface area contributed by atoms with Gasteiger partial charge in [-0.05, 0) is 19.4 Å². The van der Waals surface area contributed by atoms with Gasteiger partial charge in [-0.1, -0.05) is 13.8 Å². The minimum Gasteiger partial charge on any atom is -0.395 e. The molecule has 4 heteroatoms. The molecule has 2 N–H and O–H groups in total. The first-order valence-corrected chi connectivity index (χ1v) is 6.47. The van der Waals surface area contributed by atoms with Gasteiger partial charge in [0.05, 0.1) is 19.8 Å². The summed E-state index contributed by atoms with van der Waals surface area (Å²) in [5.74, 6) is 0. The van der Waals surface area contributed by atoms with E-state index >= 15 is 0 Å². The van der Waals surface area contributed by atoms with Crippen LogP contribution < -0.4 is 5.32 Å². The standard InChI is InChI=1S/C12H26N2O2/c1-3-12-10-16-8-7-14(12)6-5-11(9-15)13-4-2/h11-13,15H,3-10H2,1-2H3. The number of aliphatic hydroxyl groups excluding tert-OH is 1. The number of morpholine rings is 1. The molecule has 1 fully saturated rings. The smallest absolute Gasteiger partial charge is 0.0622 e. The van der Waals surface area contributed by atoms with Crippen molar-refractivity contribution in [3.05, 3.63) is 0 Å². The van der Waals surface area contributed by atoms with Gasteiger partial charge >= 0.3 is 0 Å². The molecule has 0 aliphatic carbocycles. The first kappa shape index (κ1) is 13.9. The highest BCUT2D eigenvalue weighted by Gasteiger charge is 2.21. The predicted octanol–water partition coefficient (Wildman–Crippen LogP) is 0.458. The summed E-state index contributed by atoms with van der Waals surface area (Å²) in [5.41, 5.74) is 0. The molecule has 0 aromatic carbocycles. The Bertz CT molecular complexity index is 178. The van der Waals surface area contributed by atoms with Crippen molar-refractivity contribution in [2.24, 2.45) is 0 Å². The maximum atomic E-state index is 9.20. The number of nitrogens with zero attached hydrogens (tertiary/aromatic N) is 1. The van der Waals surface area contributed by atoms with Gasteiger partial charge in [0, 0.05) is 25.2 Å². The van der Waals surface area contributed by atoms with Gasteiger partial charge in [-0.25, -0.2) is 0 Å². The molecule has 16 heavy (non-hydrogen) atoms. The molecular formula is C12H26N2O2. The van der Waals surface area contributed by atoms with E-state index in [0.717, 1.165) is 45.7 Å². The largest absolute Gasteiger partial charge is 0.395 e. The molecule has 0 radical (unpaired) electrons. The maximum absolute atomic E-state index is 9.20. The van der Waals surface area contributed by atoms with E-state index in [9.17, 15) is 5.11 Å². The number of hydrogen-bond donors (Lipinski definition) is 2. The predicted molar refractivity (Wildman–Crippen MR) is 65.6 cm³/mol. The first-order valence-electron chi connectivity index (χ1n) is 6.47. The third-order valence-electron chi connectivity index (χ3n) is 3.30. The SMILES string of the molecule is CCNC(CO)CCN1CCOCC1CC. The lowest BCUT2D eigenvalue weighted by molar-refractivity contribution is -0.0107. The second-order valence-electron chi connectivity index (χ2n) is 4.40. The second-order valence-corrected chi connectivity index (χ2v) is 4.40. The van der Waals surface area contributed by atoms with E-state index in [2.05, 4.69) is 24.1 Å². The van der Waals surface area contributed by atoms with E-state index in [4.69, 9.17) is 4.74 Å². The third-order valence-corrected chi connectivity index (χ3v) is 3.30. The number of nitrogens with one attached hydrogen (secondary N) is 1. The molecule has 1 heterocycles. The lowest BCUT2D eigenvalue weighted by atomic mass is 10.1. The van der Waals surface area contributed by atoms with Crippen molar-refractivity contribution in [2.45, 2.75) is 38.8 Å². The number of hydrogen-bond acceptors (Lipinski definition) is 4. The van der Waals surface area contributed by atoms with Crippen molar-refractivity contribution in [3.8, 4) is 0 Å². The molecule has 1 rings (SSSR count). The summed E-state index contributed by atoms with van der Waals surface area (Å²) in [5, 5.41) is 12.5. The van der Waals surface area contributed by atoms with Crippen LogP contribution >= 0.6 is 0 Å². The van der Waals surface area contributed by atoms with Crippen LogP contribution in [0.1, 0.15) is 26.7 Å². The summed E-state index contributed by atoms with van der Waals surface area (Å²) in [6.45, 7) is 9.23. The van der Waals surface area contributed by atoms with Gasteiger partial charge in [-0.2, -0.15) is 0 Å². The van der Waals surface area contributed by atoms with Gasteiger partial charge < -0.3 is 15.2 Å². The molecule has 0 spiro atoms. The third kappa shape index (κ3) is 4.37. The van der Waals surface area contributed by atoms with E-state index in [1.807, 2.05) is 0 Å². The van der Waals surface area contributed by atoms with E-state index < -0.39 is 0 Å². The Hall–Kier alpha value is -0.160. The fourth-order valence-corrected chi connectivity index (χ4v) is 2.23. The van der Waals surface area contributed by atoms with Gasteiger partial charge in [0.15, 0.2) is 0 Å². The van der Waals surface area contributed by atoms with Crippen LogP contribution in [0.4, 0.5) is 0 Å². The van der Waals surface area contributed by atoms with Crippen molar-refractivity contribution in [1.29, 1.82) is 0 Å². The van der Waals surface area contributed by atoms with Crippen LogP contribution in [0.15, 0.2) is 0 Å². The molecule has 96 valence electrons. The van der Waals surface area contributed by atoms with E-state index in [1.54, 1.807) is 0 Å². The summed E-state index contributed by atoms with van der Waals surface area (Å²) in [7, 11) is 0. The van der Waals surface area contributed by atoms with E-state index in [-0.39, 0.29) is 12.6 Å². The fraction of sp³-hybridized carbons (Fsp3) is 1.00. The van der Waals surface area contributed by atoms with Crippen LogP contribution in [-0.4, -0.2) is 61.5 Å². The van der Waals surface area contributed by atoms with Crippen LogP contribution in [-0.2, 0) is 4.74 Å². The maximum Gasteiger partial charge on any atom is 0.0622 e. The Morgan fingerprint density at radius 3 is 2.94 bits per heavy atom. The molecule has 1 aliphatic rings. The second kappa shape index (κ2) is 8.01. The molecule has 1 saturated heterocycles. The lowest BCUT2D eigenvalue weighted by Crippen LogP contribution is -2.47. The Balaban J connectivity index is 2.28. The van der Waals surface area contributed by atoms with E-state index in [1.165, 1.54) is 0 Å². The first-order chi connectivity index (χ1) is 7.81. The van der Waals surface area contributed by atoms with Gasteiger partial charge in [0.1, 0.15) is 0 Å². The summed E-state index contributed by atoms with van der Waals surface area (Å²) in [4.78, 5) is 2.49. The number of likely N-dealkylation sites (N-methyl/N-ethyl adjacent to an activating group) is 1. The van der Waals surface area contributed by atoms with Gasteiger partial charge in [0.2, 0.25) is 0 Å². The van der Waals surface area contributed by atoms with Crippen LogP contribution in [0.3, 0.4) is 0 Å².